The van der Waals surface area contributed by atoms with Crippen LogP contribution in [0.15, 0.2) is 0 Å². The fraction of sp³-hybridized carbons (Fsp3) is 1.00. The molecule has 1 unspecified atom stereocenters. The number of aliphatic hydroxyl groups is 1. The summed E-state index contributed by atoms with van der Waals surface area (Å²) >= 11 is 0. The van der Waals surface area contributed by atoms with Crippen LogP contribution in [-0.4, -0.2) is 42.6 Å². The number of aliphatic hydroxyl groups excluding tert-OH is 1. The molecule has 0 fully saturated rings. The van der Waals surface area contributed by atoms with E-state index in [9.17, 15) is 0 Å². The molecule has 0 aliphatic carbocycles. The molecule has 0 aromatic heterocycles. The van der Waals surface area contributed by atoms with Gasteiger partial charge in [0.15, 0.2) is 0 Å². The lowest BCUT2D eigenvalue weighted by Crippen LogP contribution is -2.15. The summed E-state index contributed by atoms with van der Waals surface area (Å²) in [5.41, 5.74) is 0. The summed E-state index contributed by atoms with van der Waals surface area (Å²) in [6, 6.07) is 0. The lowest BCUT2D eigenvalue weighted by atomic mass is 10.2. The Balaban J connectivity index is 2.88. The smallest absolute Gasteiger partial charge is 0.102 e. The van der Waals surface area contributed by atoms with E-state index in [0.29, 0.717) is 0 Å². The Bertz CT molecular complexity index is 137. The average Bonchev–Trinajstić information content (AvgIpc) is 2.25. The molecule has 0 aromatic rings. The molecular formula is C11H25NO2S2. The van der Waals surface area contributed by atoms with Crippen molar-refractivity contribution >= 4 is 21.6 Å². The zero-order valence-electron chi connectivity index (χ0n) is 10.4. The third-order valence-electron chi connectivity index (χ3n) is 1.99. The molecule has 0 bridgehead atoms. The van der Waals surface area contributed by atoms with Gasteiger partial charge in [-0.3, -0.25) is 0 Å². The molecule has 0 aliphatic heterocycles. The van der Waals surface area contributed by atoms with E-state index in [1.54, 1.807) is 10.8 Å². The maximum atomic E-state index is 9.04. The Labute approximate surface area is 107 Å². The highest BCUT2D eigenvalue weighted by Crippen LogP contribution is 2.20. The van der Waals surface area contributed by atoms with E-state index in [0.717, 1.165) is 50.7 Å². The third-order valence-corrected chi connectivity index (χ3v) is 4.08. The van der Waals surface area contributed by atoms with Gasteiger partial charge in [0.2, 0.25) is 0 Å². The van der Waals surface area contributed by atoms with Crippen molar-refractivity contribution in [1.82, 2.24) is 5.32 Å². The summed E-state index contributed by atoms with van der Waals surface area (Å²) in [6.07, 6.45) is 2.81. The number of ether oxygens (including phenoxy) is 1. The summed E-state index contributed by atoms with van der Waals surface area (Å²) in [5, 5.41) is 12.3. The van der Waals surface area contributed by atoms with Gasteiger partial charge in [0, 0.05) is 18.9 Å². The Morgan fingerprint density at radius 2 is 2.12 bits per heavy atom. The van der Waals surface area contributed by atoms with E-state index in [-0.39, 0.29) is 6.10 Å². The monoisotopic (exact) mass is 267 g/mol. The lowest BCUT2D eigenvalue weighted by Gasteiger charge is -2.05. The second-order valence-electron chi connectivity index (χ2n) is 3.66. The highest BCUT2D eigenvalue weighted by Gasteiger charge is 1.95. The van der Waals surface area contributed by atoms with E-state index in [1.807, 2.05) is 17.7 Å². The normalized spacial score (nSPS) is 12.9. The van der Waals surface area contributed by atoms with Crippen LogP contribution in [0.25, 0.3) is 0 Å². The zero-order chi connectivity index (χ0) is 12.1. The van der Waals surface area contributed by atoms with Crippen molar-refractivity contribution in [1.29, 1.82) is 0 Å². The van der Waals surface area contributed by atoms with E-state index >= 15 is 0 Å². The molecular weight excluding hydrogens is 242 g/mol. The van der Waals surface area contributed by atoms with Gasteiger partial charge in [-0.05, 0) is 32.7 Å². The van der Waals surface area contributed by atoms with Crippen molar-refractivity contribution in [2.75, 3.05) is 31.4 Å². The fourth-order valence-corrected chi connectivity index (χ4v) is 2.73. The first kappa shape index (κ1) is 16.6. The molecule has 0 saturated heterocycles. The predicted octanol–water partition coefficient (Wildman–Crippen LogP) is 2.50. The van der Waals surface area contributed by atoms with Gasteiger partial charge < -0.3 is 15.2 Å². The maximum Gasteiger partial charge on any atom is 0.102 e. The minimum absolute atomic E-state index is 0.170. The number of rotatable bonds is 12. The van der Waals surface area contributed by atoms with Gasteiger partial charge in [0.1, 0.15) is 5.94 Å². The van der Waals surface area contributed by atoms with Gasteiger partial charge >= 0.3 is 0 Å². The van der Waals surface area contributed by atoms with Crippen molar-refractivity contribution in [2.45, 2.75) is 39.2 Å². The first-order chi connectivity index (χ1) is 7.77. The molecule has 0 radical (unpaired) electrons. The first-order valence-corrected chi connectivity index (χ1v) is 8.47. The highest BCUT2D eigenvalue weighted by molar-refractivity contribution is 8.76. The molecule has 0 spiro atoms. The van der Waals surface area contributed by atoms with Gasteiger partial charge in [-0.1, -0.05) is 28.5 Å². The van der Waals surface area contributed by atoms with Crippen LogP contribution in [0.1, 0.15) is 33.1 Å². The Morgan fingerprint density at radius 1 is 1.31 bits per heavy atom. The molecule has 0 aromatic carbocycles. The minimum Gasteiger partial charge on any atom is -0.393 e. The standard InChI is InChI=1S/C11H25NO2S2/c1-3-12-7-9-15-16-10-14-8-5-4-6-11(2)13/h11-13H,3-10H2,1-2H3. The van der Waals surface area contributed by atoms with Gasteiger partial charge in [-0.25, -0.2) is 0 Å². The van der Waals surface area contributed by atoms with E-state index in [4.69, 9.17) is 9.84 Å². The summed E-state index contributed by atoms with van der Waals surface area (Å²) < 4.78 is 5.46. The second-order valence-corrected chi connectivity index (χ2v) is 6.19. The number of nitrogens with one attached hydrogen (secondary N) is 1. The van der Waals surface area contributed by atoms with Crippen molar-refractivity contribution in [2.24, 2.45) is 0 Å². The zero-order valence-corrected chi connectivity index (χ0v) is 12.0. The predicted molar refractivity (Wildman–Crippen MR) is 74.9 cm³/mol. The van der Waals surface area contributed by atoms with Gasteiger partial charge in [-0.15, -0.1) is 0 Å². The Hall–Kier alpha value is 0.580. The number of hydrogen-bond acceptors (Lipinski definition) is 5. The third kappa shape index (κ3) is 14.6. The van der Waals surface area contributed by atoms with Crippen molar-refractivity contribution in [3.63, 3.8) is 0 Å². The van der Waals surface area contributed by atoms with Crippen LogP contribution in [0, 0.1) is 0 Å². The SMILES string of the molecule is CCNCCSSCOCCCCC(C)O. The average molecular weight is 267 g/mol. The summed E-state index contributed by atoms with van der Waals surface area (Å²) in [4.78, 5) is 0. The highest BCUT2D eigenvalue weighted by atomic mass is 33.1. The van der Waals surface area contributed by atoms with Crippen LogP contribution in [0.5, 0.6) is 0 Å². The van der Waals surface area contributed by atoms with Crippen LogP contribution in [0.3, 0.4) is 0 Å². The second kappa shape index (κ2) is 13.6. The Kier molecular flexibility index (Phi) is 14.1. The maximum absolute atomic E-state index is 9.04. The van der Waals surface area contributed by atoms with Gasteiger partial charge in [-0.2, -0.15) is 0 Å². The first-order valence-electron chi connectivity index (χ1n) is 5.98. The van der Waals surface area contributed by atoms with E-state index in [2.05, 4.69) is 12.2 Å². The quantitative estimate of drug-likeness (QED) is 0.323. The van der Waals surface area contributed by atoms with Crippen LogP contribution >= 0.6 is 21.6 Å². The molecule has 0 rings (SSSR count). The molecule has 16 heavy (non-hydrogen) atoms. The van der Waals surface area contributed by atoms with Crippen molar-refractivity contribution in [3.05, 3.63) is 0 Å². The molecule has 0 heterocycles. The topological polar surface area (TPSA) is 41.5 Å². The molecule has 0 aliphatic rings. The molecule has 2 N–H and O–H groups in total. The minimum atomic E-state index is -0.170. The summed E-state index contributed by atoms with van der Waals surface area (Å²) in [6.45, 7) is 6.88. The van der Waals surface area contributed by atoms with Crippen LogP contribution < -0.4 is 5.32 Å². The van der Waals surface area contributed by atoms with E-state index in [1.165, 1.54) is 0 Å². The number of unbranched alkanes of at least 4 members (excludes halogenated alkanes) is 1. The molecule has 5 heteroatoms. The van der Waals surface area contributed by atoms with E-state index < -0.39 is 0 Å². The van der Waals surface area contributed by atoms with Crippen LogP contribution in [0.4, 0.5) is 0 Å². The van der Waals surface area contributed by atoms with Gasteiger partial charge in [0.25, 0.3) is 0 Å². The molecule has 3 nitrogen and oxygen atoms in total. The van der Waals surface area contributed by atoms with Gasteiger partial charge in [0.05, 0.1) is 6.10 Å². The van der Waals surface area contributed by atoms with Crippen molar-refractivity contribution in [3.8, 4) is 0 Å². The fourth-order valence-electron chi connectivity index (χ4n) is 1.12. The summed E-state index contributed by atoms with van der Waals surface area (Å²) in [5.74, 6) is 1.90. The molecule has 1 atom stereocenters. The van der Waals surface area contributed by atoms with Crippen LogP contribution in [-0.2, 0) is 4.74 Å². The summed E-state index contributed by atoms with van der Waals surface area (Å²) in [7, 11) is 3.62. The Morgan fingerprint density at radius 3 is 2.81 bits per heavy atom. The largest absolute Gasteiger partial charge is 0.393 e. The van der Waals surface area contributed by atoms with Crippen molar-refractivity contribution < 1.29 is 9.84 Å². The molecule has 0 saturated carbocycles. The number of hydrogen-bond donors (Lipinski definition) is 2. The van der Waals surface area contributed by atoms with Crippen LogP contribution in [0.2, 0.25) is 0 Å². The lowest BCUT2D eigenvalue weighted by molar-refractivity contribution is 0.156. The molecule has 98 valence electrons. The molecule has 0 amide bonds.